The summed E-state index contributed by atoms with van der Waals surface area (Å²) in [6.07, 6.45) is 3.85. The van der Waals surface area contributed by atoms with Gasteiger partial charge in [0.15, 0.2) is 0 Å². The molecule has 0 aliphatic heterocycles. The molecule has 0 atom stereocenters. The van der Waals surface area contributed by atoms with Gasteiger partial charge in [0, 0.05) is 17.6 Å². The molecule has 0 saturated heterocycles. The van der Waals surface area contributed by atoms with Crippen LogP contribution < -0.4 is 0 Å². The van der Waals surface area contributed by atoms with Crippen molar-refractivity contribution in [3.8, 4) is 0 Å². The number of aromatic nitrogens is 1. The maximum atomic E-state index is 4.51. The third kappa shape index (κ3) is 5.61. The molecule has 0 amide bonds. The SMILES string of the molecule is Cc1cccc(CN(C)CCCCCBr)n1. The average molecular weight is 285 g/mol. The lowest BCUT2D eigenvalue weighted by molar-refractivity contribution is 0.314. The maximum Gasteiger partial charge on any atom is 0.0547 e. The summed E-state index contributed by atoms with van der Waals surface area (Å²) in [5.41, 5.74) is 2.27. The normalized spacial score (nSPS) is 11.0. The molecule has 90 valence electrons. The Morgan fingerprint density at radius 2 is 2.06 bits per heavy atom. The number of alkyl halides is 1. The summed E-state index contributed by atoms with van der Waals surface area (Å²) in [6, 6.07) is 6.22. The summed E-state index contributed by atoms with van der Waals surface area (Å²) >= 11 is 3.45. The van der Waals surface area contributed by atoms with Gasteiger partial charge >= 0.3 is 0 Å². The molecule has 1 aromatic heterocycles. The van der Waals surface area contributed by atoms with Crippen LogP contribution in [0.25, 0.3) is 0 Å². The molecule has 3 heteroatoms. The van der Waals surface area contributed by atoms with Gasteiger partial charge in [-0.2, -0.15) is 0 Å². The van der Waals surface area contributed by atoms with Crippen molar-refractivity contribution in [2.24, 2.45) is 0 Å². The molecule has 0 unspecified atom stereocenters. The zero-order chi connectivity index (χ0) is 11.8. The second-order valence-electron chi connectivity index (χ2n) is 4.26. The highest BCUT2D eigenvalue weighted by molar-refractivity contribution is 9.09. The van der Waals surface area contributed by atoms with E-state index >= 15 is 0 Å². The molecular weight excluding hydrogens is 264 g/mol. The summed E-state index contributed by atoms with van der Waals surface area (Å²) < 4.78 is 0. The number of halogens is 1. The Morgan fingerprint density at radius 1 is 1.25 bits per heavy atom. The highest BCUT2D eigenvalue weighted by Crippen LogP contribution is 2.04. The molecule has 1 aromatic rings. The van der Waals surface area contributed by atoms with Crippen molar-refractivity contribution in [2.45, 2.75) is 32.7 Å². The molecule has 0 aromatic carbocycles. The molecular formula is C13H21BrN2. The van der Waals surface area contributed by atoms with E-state index in [0.29, 0.717) is 0 Å². The Kier molecular flexibility index (Phi) is 6.65. The van der Waals surface area contributed by atoms with Gasteiger partial charge < -0.3 is 4.90 Å². The van der Waals surface area contributed by atoms with E-state index in [1.807, 2.05) is 13.0 Å². The van der Waals surface area contributed by atoms with Crippen molar-refractivity contribution >= 4 is 15.9 Å². The average Bonchev–Trinajstić information content (AvgIpc) is 2.24. The van der Waals surface area contributed by atoms with Gasteiger partial charge in [-0.25, -0.2) is 0 Å². The van der Waals surface area contributed by atoms with Gasteiger partial charge in [0.25, 0.3) is 0 Å². The number of rotatable bonds is 7. The molecule has 0 radical (unpaired) electrons. The van der Waals surface area contributed by atoms with Crippen LogP contribution >= 0.6 is 15.9 Å². The topological polar surface area (TPSA) is 16.1 Å². The van der Waals surface area contributed by atoms with Gasteiger partial charge in [0.05, 0.1) is 5.69 Å². The van der Waals surface area contributed by atoms with Crippen LogP contribution in [0.5, 0.6) is 0 Å². The molecule has 0 bridgehead atoms. The fourth-order valence-electron chi connectivity index (χ4n) is 1.70. The molecule has 2 nitrogen and oxygen atoms in total. The van der Waals surface area contributed by atoms with Crippen molar-refractivity contribution in [2.75, 3.05) is 18.9 Å². The van der Waals surface area contributed by atoms with Gasteiger partial charge in [-0.05, 0) is 45.5 Å². The predicted molar refractivity (Wildman–Crippen MR) is 73.0 cm³/mol. The van der Waals surface area contributed by atoms with E-state index in [4.69, 9.17) is 0 Å². The molecule has 0 aliphatic rings. The van der Waals surface area contributed by atoms with Crippen LogP contribution in [-0.4, -0.2) is 28.8 Å². The van der Waals surface area contributed by atoms with E-state index in [1.54, 1.807) is 0 Å². The van der Waals surface area contributed by atoms with Crippen LogP contribution in [0.2, 0.25) is 0 Å². The highest BCUT2D eigenvalue weighted by Gasteiger charge is 2.01. The Morgan fingerprint density at radius 3 is 2.75 bits per heavy atom. The molecule has 16 heavy (non-hydrogen) atoms. The van der Waals surface area contributed by atoms with Gasteiger partial charge in [0.2, 0.25) is 0 Å². The number of aryl methyl sites for hydroxylation is 1. The zero-order valence-electron chi connectivity index (χ0n) is 10.2. The number of nitrogens with zero attached hydrogens (tertiary/aromatic N) is 2. The summed E-state index contributed by atoms with van der Waals surface area (Å²) in [5, 5.41) is 1.12. The van der Waals surface area contributed by atoms with Crippen molar-refractivity contribution in [3.63, 3.8) is 0 Å². The van der Waals surface area contributed by atoms with E-state index in [-0.39, 0.29) is 0 Å². The predicted octanol–water partition coefficient (Wildman–Crippen LogP) is 3.39. The minimum absolute atomic E-state index is 0.954. The molecule has 0 spiro atoms. The Labute approximate surface area is 107 Å². The molecule has 1 heterocycles. The number of hydrogen-bond acceptors (Lipinski definition) is 2. The molecule has 0 aliphatic carbocycles. The lowest BCUT2D eigenvalue weighted by Crippen LogP contribution is -2.19. The van der Waals surface area contributed by atoms with Crippen molar-refractivity contribution in [3.05, 3.63) is 29.6 Å². The molecule has 1 rings (SSSR count). The van der Waals surface area contributed by atoms with E-state index in [1.165, 1.54) is 25.0 Å². The fourth-order valence-corrected chi connectivity index (χ4v) is 2.09. The lowest BCUT2D eigenvalue weighted by atomic mass is 10.2. The number of unbranched alkanes of at least 4 members (excludes halogenated alkanes) is 2. The first kappa shape index (κ1) is 13.7. The fraction of sp³-hybridized carbons (Fsp3) is 0.615. The van der Waals surface area contributed by atoms with Crippen molar-refractivity contribution in [1.82, 2.24) is 9.88 Å². The third-order valence-corrected chi connectivity index (χ3v) is 3.11. The summed E-state index contributed by atoms with van der Waals surface area (Å²) in [4.78, 5) is 6.85. The second kappa shape index (κ2) is 7.80. The van der Waals surface area contributed by atoms with E-state index in [2.05, 4.69) is 45.0 Å². The van der Waals surface area contributed by atoms with Gasteiger partial charge in [-0.3, -0.25) is 4.98 Å². The Hall–Kier alpha value is -0.410. The Bertz CT molecular complexity index is 302. The quantitative estimate of drug-likeness (QED) is 0.564. The third-order valence-electron chi connectivity index (χ3n) is 2.55. The minimum atomic E-state index is 0.954. The largest absolute Gasteiger partial charge is 0.301 e. The van der Waals surface area contributed by atoms with Crippen LogP contribution in [0.4, 0.5) is 0 Å². The van der Waals surface area contributed by atoms with Crippen molar-refractivity contribution < 1.29 is 0 Å². The zero-order valence-corrected chi connectivity index (χ0v) is 11.8. The van der Waals surface area contributed by atoms with Crippen molar-refractivity contribution in [1.29, 1.82) is 0 Å². The molecule has 0 N–H and O–H groups in total. The molecule has 0 fully saturated rings. The first-order valence-electron chi connectivity index (χ1n) is 5.89. The Balaban J connectivity index is 2.25. The number of hydrogen-bond donors (Lipinski definition) is 0. The van der Waals surface area contributed by atoms with E-state index in [9.17, 15) is 0 Å². The maximum absolute atomic E-state index is 4.51. The lowest BCUT2D eigenvalue weighted by Gasteiger charge is -2.16. The number of pyridine rings is 1. The summed E-state index contributed by atoms with van der Waals surface area (Å²) in [5.74, 6) is 0. The molecule has 0 saturated carbocycles. The second-order valence-corrected chi connectivity index (χ2v) is 5.05. The monoisotopic (exact) mass is 284 g/mol. The smallest absolute Gasteiger partial charge is 0.0547 e. The van der Waals surface area contributed by atoms with Crippen LogP contribution in [0, 0.1) is 6.92 Å². The first-order chi connectivity index (χ1) is 7.72. The van der Waals surface area contributed by atoms with Crippen LogP contribution in [-0.2, 0) is 6.54 Å². The summed E-state index contributed by atoms with van der Waals surface area (Å²) in [6.45, 7) is 4.15. The first-order valence-corrected chi connectivity index (χ1v) is 7.01. The van der Waals surface area contributed by atoms with E-state index in [0.717, 1.165) is 24.1 Å². The van der Waals surface area contributed by atoms with Crippen LogP contribution in [0.3, 0.4) is 0 Å². The minimum Gasteiger partial charge on any atom is -0.301 e. The van der Waals surface area contributed by atoms with E-state index < -0.39 is 0 Å². The summed E-state index contributed by atoms with van der Waals surface area (Å²) in [7, 11) is 2.16. The van der Waals surface area contributed by atoms with Crippen LogP contribution in [0.1, 0.15) is 30.7 Å². The van der Waals surface area contributed by atoms with Gasteiger partial charge in [-0.1, -0.05) is 28.4 Å². The van der Waals surface area contributed by atoms with Gasteiger partial charge in [0.1, 0.15) is 0 Å². The van der Waals surface area contributed by atoms with Gasteiger partial charge in [-0.15, -0.1) is 0 Å². The standard InChI is InChI=1S/C13H21BrN2/c1-12-7-6-8-13(15-12)11-16(2)10-5-3-4-9-14/h6-8H,3-5,9-11H2,1-2H3. The highest BCUT2D eigenvalue weighted by atomic mass is 79.9. The van der Waals surface area contributed by atoms with Crippen LogP contribution in [0.15, 0.2) is 18.2 Å².